The lowest BCUT2D eigenvalue weighted by Gasteiger charge is -2.13. The molecule has 0 radical (unpaired) electrons. The normalized spacial score (nSPS) is 12.3. The van der Waals surface area contributed by atoms with E-state index < -0.39 is 11.9 Å². The van der Waals surface area contributed by atoms with E-state index in [1.807, 2.05) is 18.2 Å². The van der Waals surface area contributed by atoms with E-state index in [0.29, 0.717) is 11.3 Å². The maximum absolute atomic E-state index is 14.0. The van der Waals surface area contributed by atoms with Crippen LogP contribution >= 0.6 is 0 Å². The van der Waals surface area contributed by atoms with Crippen LogP contribution in [0.5, 0.6) is 5.75 Å². The first kappa shape index (κ1) is 13.5. The molecule has 0 bridgehead atoms. The Kier molecular flexibility index (Phi) is 3.54. The van der Waals surface area contributed by atoms with Gasteiger partial charge in [0.1, 0.15) is 17.7 Å². The lowest BCUT2D eigenvalue weighted by atomic mass is 9.99. The summed E-state index contributed by atoms with van der Waals surface area (Å²) in [6, 6.07) is 13.6. The number of hydrogen-bond acceptors (Lipinski definition) is 3. The summed E-state index contributed by atoms with van der Waals surface area (Å²) in [4.78, 5) is 4.24. The molecule has 1 unspecified atom stereocenters. The molecule has 3 rings (SSSR count). The van der Waals surface area contributed by atoms with Crippen molar-refractivity contribution >= 4 is 10.9 Å². The van der Waals surface area contributed by atoms with E-state index in [1.54, 1.807) is 24.4 Å². The highest BCUT2D eigenvalue weighted by Crippen LogP contribution is 2.28. The molecule has 0 aliphatic heterocycles. The number of hydrogen-bond donors (Lipinski definition) is 1. The lowest BCUT2D eigenvalue weighted by molar-refractivity contribution is 0.215. The molecule has 106 valence electrons. The zero-order valence-electron chi connectivity index (χ0n) is 11.5. The molecule has 4 heteroatoms. The molecule has 3 aromatic rings. The van der Waals surface area contributed by atoms with Crippen molar-refractivity contribution in [1.29, 1.82) is 0 Å². The number of halogens is 1. The van der Waals surface area contributed by atoms with Gasteiger partial charge >= 0.3 is 0 Å². The van der Waals surface area contributed by atoms with Crippen LogP contribution in [0.15, 0.2) is 54.7 Å². The number of aliphatic hydroxyl groups is 1. The summed E-state index contributed by atoms with van der Waals surface area (Å²) in [5.74, 6) is -0.0772. The standard InChI is InChI=1S/C17H14FNO2/c1-21-13-6-7-14(15(18)10-13)17(20)12-5-4-11-3-2-8-19-16(11)9-12/h2-10,17,20H,1H3. The highest BCUT2D eigenvalue weighted by Gasteiger charge is 2.16. The van der Waals surface area contributed by atoms with Gasteiger partial charge in [0.25, 0.3) is 0 Å². The third-order valence-corrected chi connectivity index (χ3v) is 3.45. The van der Waals surface area contributed by atoms with Crippen molar-refractivity contribution < 1.29 is 14.2 Å². The lowest BCUT2D eigenvalue weighted by Crippen LogP contribution is -2.03. The number of rotatable bonds is 3. The molecule has 1 atom stereocenters. The van der Waals surface area contributed by atoms with Gasteiger partial charge in [0.15, 0.2) is 0 Å². The maximum atomic E-state index is 14.0. The average Bonchev–Trinajstić information content (AvgIpc) is 2.53. The Hall–Kier alpha value is -2.46. The molecule has 3 nitrogen and oxygen atoms in total. The number of methoxy groups -OCH3 is 1. The van der Waals surface area contributed by atoms with Crippen molar-refractivity contribution in [3.8, 4) is 5.75 Å². The second kappa shape index (κ2) is 5.50. The molecule has 0 amide bonds. The number of benzene rings is 2. The smallest absolute Gasteiger partial charge is 0.133 e. The Morgan fingerprint density at radius 1 is 1.14 bits per heavy atom. The monoisotopic (exact) mass is 283 g/mol. The Labute approximate surface area is 121 Å². The average molecular weight is 283 g/mol. The zero-order valence-corrected chi connectivity index (χ0v) is 11.5. The second-order valence-electron chi connectivity index (χ2n) is 4.75. The highest BCUT2D eigenvalue weighted by atomic mass is 19.1. The van der Waals surface area contributed by atoms with Crippen molar-refractivity contribution in [3.63, 3.8) is 0 Å². The fourth-order valence-electron chi connectivity index (χ4n) is 2.29. The number of pyridine rings is 1. The van der Waals surface area contributed by atoms with Crippen molar-refractivity contribution in [1.82, 2.24) is 4.98 Å². The summed E-state index contributed by atoms with van der Waals surface area (Å²) in [5.41, 5.74) is 1.58. The Morgan fingerprint density at radius 3 is 2.76 bits per heavy atom. The van der Waals surface area contributed by atoms with Gasteiger partial charge in [-0.1, -0.05) is 18.2 Å². The summed E-state index contributed by atoms with van der Waals surface area (Å²) >= 11 is 0. The van der Waals surface area contributed by atoms with Gasteiger partial charge in [-0.3, -0.25) is 4.98 Å². The molecule has 0 aliphatic carbocycles. The van der Waals surface area contributed by atoms with Gasteiger partial charge in [-0.2, -0.15) is 0 Å². The van der Waals surface area contributed by atoms with E-state index in [2.05, 4.69) is 4.98 Å². The summed E-state index contributed by atoms with van der Waals surface area (Å²) < 4.78 is 19.0. The molecule has 0 fully saturated rings. The molecule has 1 aromatic heterocycles. The van der Waals surface area contributed by atoms with Crippen molar-refractivity contribution in [2.75, 3.05) is 7.11 Å². The Morgan fingerprint density at radius 2 is 2.00 bits per heavy atom. The third kappa shape index (κ3) is 2.58. The molecule has 0 spiro atoms. The molecule has 1 N–H and O–H groups in total. The summed E-state index contributed by atoms with van der Waals surface area (Å²) in [6.45, 7) is 0. The third-order valence-electron chi connectivity index (χ3n) is 3.45. The Balaban J connectivity index is 2.01. The van der Waals surface area contributed by atoms with Crippen LogP contribution in [0.25, 0.3) is 10.9 Å². The molecule has 0 saturated carbocycles. The fraction of sp³-hybridized carbons (Fsp3) is 0.118. The molecule has 2 aromatic carbocycles. The number of ether oxygens (including phenoxy) is 1. The minimum Gasteiger partial charge on any atom is -0.497 e. The van der Waals surface area contributed by atoms with Crippen LogP contribution < -0.4 is 4.74 Å². The van der Waals surface area contributed by atoms with Crippen LogP contribution in [0, 0.1) is 5.82 Å². The molecule has 1 heterocycles. The fourth-order valence-corrected chi connectivity index (χ4v) is 2.29. The van der Waals surface area contributed by atoms with Crippen molar-refractivity contribution in [3.05, 3.63) is 71.7 Å². The first-order chi connectivity index (χ1) is 10.2. The predicted molar refractivity (Wildman–Crippen MR) is 78.8 cm³/mol. The quantitative estimate of drug-likeness (QED) is 0.800. The van der Waals surface area contributed by atoms with Gasteiger partial charge in [-0.25, -0.2) is 4.39 Å². The van der Waals surface area contributed by atoms with Crippen LogP contribution in [0.1, 0.15) is 17.2 Å². The first-order valence-electron chi connectivity index (χ1n) is 6.55. The predicted octanol–water partition coefficient (Wildman–Crippen LogP) is 3.46. The van der Waals surface area contributed by atoms with Gasteiger partial charge < -0.3 is 9.84 Å². The van der Waals surface area contributed by atoms with E-state index >= 15 is 0 Å². The number of aliphatic hydroxyl groups excluding tert-OH is 1. The van der Waals surface area contributed by atoms with Crippen molar-refractivity contribution in [2.24, 2.45) is 0 Å². The van der Waals surface area contributed by atoms with Crippen LogP contribution in [0.3, 0.4) is 0 Å². The topological polar surface area (TPSA) is 42.4 Å². The highest BCUT2D eigenvalue weighted by molar-refractivity contribution is 5.79. The SMILES string of the molecule is COc1ccc(C(O)c2ccc3cccnc3c2)c(F)c1. The minimum absolute atomic E-state index is 0.214. The minimum atomic E-state index is -1.04. The van der Waals surface area contributed by atoms with Gasteiger partial charge in [0.05, 0.1) is 12.6 Å². The zero-order chi connectivity index (χ0) is 14.8. The molecule has 21 heavy (non-hydrogen) atoms. The Bertz CT molecular complexity index is 789. The molecule has 0 saturated heterocycles. The van der Waals surface area contributed by atoms with E-state index in [4.69, 9.17) is 4.74 Å². The summed E-state index contributed by atoms with van der Waals surface area (Å²) in [7, 11) is 1.47. The number of fused-ring (bicyclic) bond motifs is 1. The van der Waals surface area contributed by atoms with E-state index in [-0.39, 0.29) is 5.56 Å². The summed E-state index contributed by atoms with van der Waals surface area (Å²) in [5, 5.41) is 11.4. The van der Waals surface area contributed by atoms with E-state index in [0.717, 1.165) is 10.9 Å². The number of nitrogens with zero attached hydrogens (tertiary/aromatic N) is 1. The van der Waals surface area contributed by atoms with Gasteiger partial charge in [-0.15, -0.1) is 0 Å². The first-order valence-corrected chi connectivity index (χ1v) is 6.55. The second-order valence-corrected chi connectivity index (χ2v) is 4.75. The van der Waals surface area contributed by atoms with E-state index in [9.17, 15) is 9.50 Å². The van der Waals surface area contributed by atoms with Crippen LogP contribution in [-0.2, 0) is 0 Å². The maximum Gasteiger partial charge on any atom is 0.133 e. The molecular weight excluding hydrogens is 269 g/mol. The van der Waals surface area contributed by atoms with Gasteiger partial charge in [0, 0.05) is 23.2 Å². The molecule has 0 aliphatic rings. The number of aromatic nitrogens is 1. The van der Waals surface area contributed by atoms with Crippen molar-refractivity contribution in [2.45, 2.75) is 6.10 Å². The van der Waals surface area contributed by atoms with Gasteiger partial charge in [-0.05, 0) is 29.8 Å². The van der Waals surface area contributed by atoms with Crippen LogP contribution in [0.2, 0.25) is 0 Å². The largest absolute Gasteiger partial charge is 0.497 e. The van der Waals surface area contributed by atoms with Crippen LogP contribution in [-0.4, -0.2) is 17.2 Å². The molecular formula is C17H14FNO2. The van der Waals surface area contributed by atoms with Gasteiger partial charge in [0.2, 0.25) is 0 Å². The van der Waals surface area contributed by atoms with E-state index in [1.165, 1.54) is 19.2 Å². The summed E-state index contributed by atoms with van der Waals surface area (Å²) in [6.07, 6.45) is 0.647. The van der Waals surface area contributed by atoms with Crippen LogP contribution in [0.4, 0.5) is 4.39 Å².